The summed E-state index contributed by atoms with van der Waals surface area (Å²) in [7, 11) is 0. The molecule has 0 bridgehead atoms. The average Bonchev–Trinajstić information content (AvgIpc) is 2.24. The van der Waals surface area contributed by atoms with Gasteiger partial charge in [-0.25, -0.2) is 0 Å². The number of carbonyl (C=O) groups is 2. The van der Waals surface area contributed by atoms with E-state index in [2.05, 4.69) is 0 Å². The van der Waals surface area contributed by atoms with Crippen LogP contribution in [0.5, 0.6) is 11.5 Å². The Balaban J connectivity index is 2.83. The molecule has 4 nitrogen and oxygen atoms in total. The second-order valence-corrected chi connectivity index (χ2v) is 3.30. The van der Waals surface area contributed by atoms with Crippen LogP contribution in [-0.2, 0) is 16.0 Å². The summed E-state index contributed by atoms with van der Waals surface area (Å²) < 4.78 is 0. The molecule has 0 heterocycles. The van der Waals surface area contributed by atoms with Crippen LogP contribution in [0.25, 0.3) is 0 Å². The van der Waals surface area contributed by atoms with Gasteiger partial charge < -0.3 is 10.2 Å². The average molecular weight is 208 g/mol. The van der Waals surface area contributed by atoms with Crippen LogP contribution in [0.3, 0.4) is 0 Å². The number of phenolic OH excluding ortho intramolecular Hbond substituents is 2. The molecule has 0 aromatic heterocycles. The topological polar surface area (TPSA) is 74.6 Å². The molecule has 1 aromatic rings. The monoisotopic (exact) mass is 208 g/mol. The van der Waals surface area contributed by atoms with Crippen LogP contribution in [0, 0.1) is 6.92 Å². The van der Waals surface area contributed by atoms with E-state index in [9.17, 15) is 19.8 Å². The van der Waals surface area contributed by atoms with Gasteiger partial charge in [-0.3, -0.25) is 9.59 Å². The summed E-state index contributed by atoms with van der Waals surface area (Å²) in [4.78, 5) is 20.8. The van der Waals surface area contributed by atoms with Gasteiger partial charge in [0.1, 0.15) is 11.5 Å². The number of aldehydes is 1. The summed E-state index contributed by atoms with van der Waals surface area (Å²) in [6, 6.07) is 2.99. The van der Waals surface area contributed by atoms with Crippen LogP contribution in [0.1, 0.15) is 17.5 Å². The third-order valence-electron chi connectivity index (χ3n) is 2.26. The summed E-state index contributed by atoms with van der Waals surface area (Å²) in [6.45, 7) is 1.58. The molecule has 0 radical (unpaired) electrons. The van der Waals surface area contributed by atoms with Crippen molar-refractivity contribution in [1.82, 2.24) is 0 Å². The van der Waals surface area contributed by atoms with Crippen molar-refractivity contribution in [2.75, 3.05) is 0 Å². The molecule has 0 fully saturated rings. The first-order chi connectivity index (χ1) is 7.06. The number of rotatable bonds is 4. The predicted molar refractivity (Wildman–Crippen MR) is 53.9 cm³/mol. The minimum atomic E-state index is -0.500. The van der Waals surface area contributed by atoms with E-state index in [4.69, 9.17) is 0 Å². The highest BCUT2D eigenvalue weighted by molar-refractivity contribution is 6.24. The molecule has 15 heavy (non-hydrogen) atoms. The third kappa shape index (κ3) is 2.56. The molecule has 0 spiro atoms. The molecule has 0 unspecified atom stereocenters. The van der Waals surface area contributed by atoms with Crippen molar-refractivity contribution in [1.29, 1.82) is 0 Å². The third-order valence-corrected chi connectivity index (χ3v) is 2.26. The Hall–Kier alpha value is -1.84. The van der Waals surface area contributed by atoms with Crippen molar-refractivity contribution in [3.05, 3.63) is 23.3 Å². The van der Waals surface area contributed by atoms with Crippen molar-refractivity contribution in [2.45, 2.75) is 19.8 Å². The van der Waals surface area contributed by atoms with Crippen LogP contribution < -0.4 is 0 Å². The van der Waals surface area contributed by atoms with Gasteiger partial charge in [-0.05, 0) is 25.0 Å². The molecule has 0 amide bonds. The van der Waals surface area contributed by atoms with Gasteiger partial charge in [-0.15, -0.1) is 0 Å². The zero-order valence-electron chi connectivity index (χ0n) is 8.36. The number of hydrogen-bond acceptors (Lipinski definition) is 4. The lowest BCUT2D eigenvalue weighted by Gasteiger charge is -2.07. The van der Waals surface area contributed by atoms with Crippen LogP contribution in [0.2, 0.25) is 0 Å². The van der Waals surface area contributed by atoms with E-state index in [0.29, 0.717) is 17.5 Å². The fourth-order valence-corrected chi connectivity index (χ4v) is 1.26. The summed E-state index contributed by atoms with van der Waals surface area (Å²) in [5, 5.41) is 18.9. The van der Waals surface area contributed by atoms with E-state index < -0.39 is 5.78 Å². The standard InChI is InChI=1S/C11H12O4/c1-7-10(14)5-3-8(11(7)15)2-4-9(13)6-12/h3,5-6,14-15H,2,4H2,1H3. The van der Waals surface area contributed by atoms with E-state index in [1.165, 1.54) is 12.1 Å². The molecule has 0 aliphatic heterocycles. The van der Waals surface area contributed by atoms with Crippen molar-refractivity contribution in [3.8, 4) is 11.5 Å². The minimum Gasteiger partial charge on any atom is -0.508 e. The number of ketones is 1. The number of phenols is 2. The summed E-state index contributed by atoms with van der Waals surface area (Å²) in [6.07, 6.45) is 0.635. The molecular weight excluding hydrogens is 196 g/mol. The number of hydrogen-bond donors (Lipinski definition) is 2. The fraction of sp³-hybridized carbons (Fsp3) is 0.273. The Labute approximate surface area is 87.2 Å². The molecule has 4 heteroatoms. The number of aromatic hydroxyl groups is 2. The molecule has 2 N–H and O–H groups in total. The molecule has 1 rings (SSSR count). The van der Waals surface area contributed by atoms with Crippen LogP contribution in [-0.4, -0.2) is 22.3 Å². The van der Waals surface area contributed by atoms with E-state index >= 15 is 0 Å². The lowest BCUT2D eigenvalue weighted by Crippen LogP contribution is -2.01. The van der Waals surface area contributed by atoms with Gasteiger partial charge in [0.2, 0.25) is 0 Å². The maximum absolute atomic E-state index is 10.7. The van der Waals surface area contributed by atoms with Gasteiger partial charge >= 0.3 is 0 Å². The van der Waals surface area contributed by atoms with Gasteiger partial charge in [0.25, 0.3) is 0 Å². The maximum Gasteiger partial charge on any atom is 0.195 e. The van der Waals surface area contributed by atoms with Gasteiger partial charge in [-0.2, -0.15) is 0 Å². The molecule has 80 valence electrons. The lowest BCUT2D eigenvalue weighted by molar-refractivity contribution is -0.129. The number of aryl methyl sites for hydroxylation is 1. The molecule has 0 atom stereocenters. The largest absolute Gasteiger partial charge is 0.508 e. The summed E-state index contributed by atoms with van der Waals surface area (Å²) in [5.74, 6) is -0.508. The van der Waals surface area contributed by atoms with E-state index in [0.717, 1.165) is 0 Å². The van der Waals surface area contributed by atoms with Crippen molar-refractivity contribution >= 4 is 12.1 Å². The predicted octanol–water partition coefficient (Wildman–Crippen LogP) is 1.11. The highest BCUT2D eigenvalue weighted by atomic mass is 16.3. The van der Waals surface area contributed by atoms with Crippen LogP contribution in [0.4, 0.5) is 0 Å². The molecule has 0 saturated carbocycles. The summed E-state index contributed by atoms with van der Waals surface area (Å²) >= 11 is 0. The molecular formula is C11H12O4. The molecule has 0 saturated heterocycles. The van der Waals surface area contributed by atoms with Gasteiger partial charge in [0.15, 0.2) is 12.1 Å². The molecule has 0 aliphatic rings. The number of carbonyl (C=O) groups excluding carboxylic acids is 2. The van der Waals surface area contributed by atoms with E-state index in [1.807, 2.05) is 0 Å². The molecule has 0 aliphatic carbocycles. The normalized spacial score (nSPS) is 9.93. The highest BCUT2D eigenvalue weighted by Crippen LogP contribution is 2.29. The van der Waals surface area contributed by atoms with E-state index in [1.54, 1.807) is 6.92 Å². The minimum absolute atomic E-state index is 0.0120. The Morgan fingerprint density at radius 3 is 2.67 bits per heavy atom. The van der Waals surface area contributed by atoms with Gasteiger partial charge in [0.05, 0.1) is 0 Å². The Kier molecular flexibility index (Phi) is 3.44. The highest BCUT2D eigenvalue weighted by Gasteiger charge is 2.09. The van der Waals surface area contributed by atoms with Crippen LogP contribution >= 0.6 is 0 Å². The Morgan fingerprint density at radius 2 is 2.07 bits per heavy atom. The second-order valence-electron chi connectivity index (χ2n) is 3.30. The SMILES string of the molecule is Cc1c(O)ccc(CCC(=O)C=O)c1O. The quantitative estimate of drug-likeness (QED) is 0.574. The van der Waals surface area contributed by atoms with Crippen molar-refractivity contribution in [2.24, 2.45) is 0 Å². The van der Waals surface area contributed by atoms with E-state index in [-0.39, 0.29) is 24.2 Å². The number of Topliss-reactive ketones (excluding diaryl/α,β-unsaturated/α-hetero) is 1. The summed E-state index contributed by atoms with van der Waals surface area (Å²) in [5.41, 5.74) is 0.937. The fourth-order valence-electron chi connectivity index (χ4n) is 1.26. The zero-order valence-corrected chi connectivity index (χ0v) is 8.36. The Morgan fingerprint density at radius 1 is 1.40 bits per heavy atom. The Bertz CT molecular complexity index is 396. The first-order valence-corrected chi connectivity index (χ1v) is 4.54. The smallest absolute Gasteiger partial charge is 0.195 e. The van der Waals surface area contributed by atoms with Crippen molar-refractivity contribution < 1.29 is 19.8 Å². The number of benzene rings is 1. The second kappa shape index (κ2) is 4.59. The lowest BCUT2D eigenvalue weighted by atomic mass is 10.0. The maximum atomic E-state index is 10.7. The van der Waals surface area contributed by atoms with Crippen LogP contribution in [0.15, 0.2) is 12.1 Å². The van der Waals surface area contributed by atoms with Gasteiger partial charge in [-0.1, -0.05) is 6.07 Å². The molecule has 1 aromatic carbocycles. The first kappa shape index (κ1) is 11.2. The first-order valence-electron chi connectivity index (χ1n) is 4.54. The van der Waals surface area contributed by atoms with Gasteiger partial charge in [0, 0.05) is 12.0 Å². The van der Waals surface area contributed by atoms with Crippen molar-refractivity contribution in [3.63, 3.8) is 0 Å². The zero-order chi connectivity index (χ0) is 11.4.